The summed E-state index contributed by atoms with van der Waals surface area (Å²) in [5, 5.41) is 3.38. The molecule has 0 aliphatic rings. The molecule has 0 saturated carbocycles. The predicted octanol–water partition coefficient (Wildman–Crippen LogP) is 1.56. The first-order chi connectivity index (χ1) is 9.56. The van der Waals surface area contributed by atoms with Gasteiger partial charge in [-0.25, -0.2) is 4.79 Å². The zero-order valence-corrected chi connectivity index (χ0v) is 11.8. The third-order valence-corrected chi connectivity index (χ3v) is 2.92. The molecule has 2 rings (SSSR count). The summed E-state index contributed by atoms with van der Waals surface area (Å²) in [4.78, 5) is 15.4. The Morgan fingerprint density at radius 2 is 1.95 bits per heavy atom. The van der Waals surface area contributed by atoms with Gasteiger partial charge in [0, 0.05) is 12.7 Å². The number of hydrogen-bond acceptors (Lipinski definition) is 4. The minimum Gasteiger partial charge on any atom is -0.383 e. The number of anilines is 1. The zero-order valence-electron chi connectivity index (χ0n) is 11.8. The quantitative estimate of drug-likeness (QED) is 0.866. The van der Waals surface area contributed by atoms with Crippen molar-refractivity contribution in [2.45, 2.75) is 20.4 Å². The lowest BCUT2D eigenvalue weighted by atomic mass is 10.2. The molecule has 20 heavy (non-hydrogen) atoms. The van der Waals surface area contributed by atoms with E-state index in [1.54, 1.807) is 12.3 Å². The van der Waals surface area contributed by atoms with Crippen LogP contribution in [0.3, 0.4) is 0 Å². The second kappa shape index (κ2) is 6.34. The maximum absolute atomic E-state index is 11.7. The molecular formula is C15H20N4O. The molecule has 0 aliphatic carbocycles. The molecule has 0 atom stereocenters. The molecule has 0 radical (unpaired) electrons. The van der Waals surface area contributed by atoms with Gasteiger partial charge in [0.25, 0.3) is 0 Å². The van der Waals surface area contributed by atoms with Crippen molar-refractivity contribution < 1.29 is 0 Å². The Labute approximate surface area is 118 Å². The minimum atomic E-state index is -0.365. The number of nitrogens with two attached hydrogens (primary N) is 1. The first-order valence-corrected chi connectivity index (χ1v) is 6.71. The van der Waals surface area contributed by atoms with E-state index in [-0.39, 0.29) is 11.5 Å². The fourth-order valence-corrected chi connectivity index (χ4v) is 1.89. The maximum atomic E-state index is 11.7. The number of rotatable bonds is 5. The number of hydrogen-bond donors (Lipinski definition) is 2. The molecule has 0 spiro atoms. The Kier molecular flexibility index (Phi) is 4.53. The Morgan fingerprint density at radius 1 is 1.25 bits per heavy atom. The van der Waals surface area contributed by atoms with Crippen LogP contribution in [0.2, 0.25) is 0 Å². The van der Waals surface area contributed by atoms with Gasteiger partial charge in [-0.1, -0.05) is 26.0 Å². The largest absolute Gasteiger partial charge is 0.383 e. The summed E-state index contributed by atoms with van der Waals surface area (Å²) >= 11 is 0. The summed E-state index contributed by atoms with van der Waals surface area (Å²) in [5.74, 6) is 0.870. The van der Waals surface area contributed by atoms with Crippen molar-refractivity contribution in [2.24, 2.45) is 5.92 Å². The number of nitrogens with one attached hydrogen (secondary N) is 1. The molecule has 106 valence electrons. The van der Waals surface area contributed by atoms with Crippen LogP contribution >= 0.6 is 0 Å². The lowest BCUT2D eigenvalue weighted by molar-refractivity contribution is 0.552. The number of nitrogens with zero attached hydrogens (tertiary/aromatic N) is 2. The smallest absolute Gasteiger partial charge is 0.354 e. The number of benzene rings is 1. The van der Waals surface area contributed by atoms with Gasteiger partial charge in [-0.2, -0.15) is 4.98 Å². The fraction of sp³-hybridized carbons (Fsp3) is 0.333. The molecule has 3 N–H and O–H groups in total. The second-order valence-electron chi connectivity index (χ2n) is 5.20. The molecule has 5 nitrogen and oxygen atoms in total. The minimum absolute atomic E-state index is 0.237. The molecule has 1 heterocycles. The van der Waals surface area contributed by atoms with Gasteiger partial charge in [0.05, 0.1) is 5.69 Å². The summed E-state index contributed by atoms with van der Waals surface area (Å²) in [7, 11) is 0. The highest BCUT2D eigenvalue weighted by Crippen LogP contribution is 2.08. The van der Waals surface area contributed by atoms with Crippen molar-refractivity contribution in [3.63, 3.8) is 0 Å². The van der Waals surface area contributed by atoms with Gasteiger partial charge in [-0.05, 0) is 36.2 Å². The van der Waals surface area contributed by atoms with Gasteiger partial charge >= 0.3 is 5.69 Å². The van der Waals surface area contributed by atoms with E-state index in [1.807, 2.05) is 24.3 Å². The molecule has 2 aromatic rings. The average molecular weight is 272 g/mol. The molecule has 1 aromatic heterocycles. The fourth-order valence-electron chi connectivity index (χ4n) is 1.89. The van der Waals surface area contributed by atoms with E-state index in [1.165, 1.54) is 10.1 Å². The van der Waals surface area contributed by atoms with Crippen LogP contribution in [0.5, 0.6) is 0 Å². The molecule has 1 aromatic carbocycles. The van der Waals surface area contributed by atoms with Crippen LogP contribution < -0.4 is 16.7 Å². The van der Waals surface area contributed by atoms with Crippen LogP contribution in [-0.4, -0.2) is 16.1 Å². The predicted molar refractivity (Wildman–Crippen MR) is 80.8 cm³/mol. The van der Waals surface area contributed by atoms with Gasteiger partial charge in [0.1, 0.15) is 5.82 Å². The molecule has 0 saturated heterocycles. The van der Waals surface area contributed by atoms with Crippen LogP contribution in [0.15, 0.2) is 41.3 Å². The topological polar surface area (TPSA) is 72.9 Å². The van der Waals surface area contributed by atoms with Crippen molar-refractivity contribution in [3.05, 3.63) is 52.6 Å². The lowest BCUT2D eigenvalue weighted by Gasteiger charge is -2.09. The Bertz CT molecular complexity index is 617. The van der Waals surface area contributed by atoms with Gasteiger partial charge in [-0.3, -0.25) is 4.57 Å². The normalized spacial score (nSPS) is 10.9. The van der Waals surface area contributed by atoms with Gasteiger partial charge in [0.2, 0.25) is 0 Å². The van der Waals surface area contributed by atoms with Gasteiger partial charge in [0.15, 0.2) is 0 Å². The van der Waals surface area contributed by atoms with E-state index < -0.39 is 0 Å². The van der Waals surface area contributed by atoms with Gasteiger partial charge < -0.3 is 11.1 Å². The molecule has 0 amide bonds. The van der Waals surface area contributed by atoms with Crippen LogP contribution in [0.4, 0.5) is 5.82 Å². The molecule has 5 heteroatoms. The lowest BCUT2D eigenvalue weighted by Crippen LogP contribution is -2.21. The first kappa shape index (κ1) is 14.3. The van der Waals surface area contributed by atoms with E-state index in [0.717, 1.165) is 18.8 Å². The Hall–Kier alpha value is -2.14. The van der Waals surface area contributed by atoms with Crippen LogP contribution in [0, 0.1) is 5.92 Å². The van der Waals surface area contributed by atoms with E-state index >= 15 is 0 Å². The van der Waals surface area contributed by atoms with E-state index in [0.29, 0.717) is 5.92 Å². The second-order valence-corrected chi connectivity index (χ2v) is 5.20. The zero-order chi connectivity index (χ0) is 14.5. The van der Waals surface area contributed by atoms with Crippen LogP contribution in [0.25, 0.3) is 5.69 Å². The number of nitrogen functional groups attached to an aromatic ring is 1. The summed E-state index contributed by atoms with van der Waals surface area (Å²) in [6.07, 6.45) is 1.64. The molecule has 0 bridgehead atoms. The van der Waals surface area contributed by atoms with Crippen molar-refractivity contribution in [3.8, 4) is 5.69 Å². The van der Waals surface area contributed by atoms with Crippen LogP contribution in [0.1, 0.15) is 19.4 Å². The van der Waals surface area contributed by atoms with E-state index in [4.69, 9.17) is 5.73 Å². The van der Waals surface area contributed by atoms with Gasteiger partial charge in [-0.15, -0.1) is 0 Å². The van der Waals surface area contributed by atoms with E-state index in [9.17, 15) is 4.79 Å². The Morgan fingerprint density at radius 3 is 2.55 bits per heavy atom. The van der Waals surface area contributed by atoms with Crippen LogP contribution in [-0.2, 0) is 6.54 Å². The third-order valence-electron chi connectivity index (χ3n) is 2.92. The first-order valence-electron chi connectivity index (χ1n) is 6.71. The summed E-state index contributed by atoms with van der Waals surface area (Å²) < 4.78 is 1.47. The highest BCUT2D eigenvalue weighted by molar-refractivity contribution is 5.36. The van der Waals surface area contributed by atoms with Crippen molar-refractivity contribution >= 4 is 5.82 Å². The summed E-state index contributed by atoms with van der Waals surface area (Å²) in [6.45, 7) is 6.17. The SMILES string of the molecule is CC(C)CNCc1ccc(-n2ccc(N)nc2=O)cc1. The van der Waals surface area contributed by atoms with Crippen molar-refractivity contribution in [1.82, 2.24) is 14.9 Å². The Balaban J connectivity index is 2.10. The summed E-state index contributed by atoms with van der Waals surface area (Å²) in [6, 6.07) is 9.44. The molecular weight excluding hydrogens is 252 g/mol. The van der Waals surface area contributed by atoms with E-state index in [2.05, 4.69) is 24.1 Å². The third kappa shape index (κ3) is 3.68. The molecule has 0 aliphatic heterocycles. The molecule has 0 unspecified atom stereocenters. The average Bonchev–Trinajstić information content (AvgIpc) is 2.39. The highest BCUT2D eigenvalue weighted by Gasteiger charge is 2.01. The monoisotopic (exact) mass is 272 g/mol. The van der Waals surface area contributed by atoms with Crippen molar-refractivity contribution in [2.75, 3.05) is 12.3 Å². The van der Waals surface area contributed by atoms with Crippen molar-refractivity contribution in [1.29, 1.82) is 0 Å². The maximum Gasteiger partial charge on any atom is 0.354 e. The highest BCUT2D eigenvalue weighted by atomic mass is 16.1. The summed E-state index contributed by atoms with van der Waals surface area (Å²) in [5.41, 5.74) is 7.08. The standard InChI is InChI=1S/C15H20N4O/c1-11(2)9-17-10-12-3-5-13(6-4-12)19-8-7-14(16)18-15(19)20/h3-8,11,17H,9-10H2,1-2H3,(H2,16,18,20). The molecule has 0 fully saturated rings. The number of aromatic nitrogens is 2.